The highest BCUT2D eigenvalue weighted by atomic mass is 16.1. The molecule has 0 bridgehead atoms. The molecule has 1 aromatic heterocycles. The first-order valence-corrected chi connectivity index (χ1v) is 7.46. The van der Waals surface area contributed by atoms with E-state index in [0.717, 1.165) is 22.4 Å². The average Bonchev–Trinajstić information content (AvgIpc) is 2.53. The van der Waals surface area contributed by atoms with E-state index in [1.54, 1.807) is 19.0 Å². The molecule has 116 valence electrons. The average molecular weight is 306 g/mol. The molecule has 1 heterocycles. The lowest BCUT2D eigenvalue weighted by Crippen LogP contribution is -2.28. The molecule has 0 saturated carbocycles. The van der Waals surface area contributed by atoms with Gasteiger partial charge in [-0.15, -0.1) is 0 Å². The standard InChI is InChI=1S/C19H18N2O2/c1-11-12(2)20-18-15(22)10-14(21(3)4)19(23)17(18)16(11)13-8-6-5-7-9-13/h5-10H,1-4H3. The van der Waals surface area contributed by atoms with E-state index in [1.807, 2.05) is 44.2 Å². The lowest BCUT2D eigenvalue weighted by Gasteiger charge is -2.24. The third-order valence-electron chi connectivity index (χ3n) is 4.19. The number of fused-ring (bicyclic) bond motifs is 1. The van der Waals surface area contributed by atoms with Crippen molar-refractivity contribution < 1.29 is 9.59 Å². The van der Waals surface area contributed by atoms with Gasteiger partial charge in [-0.2, -0.15) is 0 Å². The van der Waals surface area contributed by atoms with Crippen molar-refractivity contribution >= 4 is 11.6 Å². The maximum atomic E-state index is 13.0. The van der Waals surface area contributed by atoms with Crippen molar-refractivity contribution in [2.24, 2.45) is 0 Å². The van der Waals surface area contributed by atoms with Gasteiger partial charge in [0.15, 0.2) is 0 Å². The van der Waals surface area contributed by atoms with Crippen LogP contribution in [0.25, 0.3) is 11.1 Å². The van der Waals surface area contributed by atoms with E-state index in [-0.39, 0.29) is 17.3 Å². The molecule has 0 atom stereocenters. The van der Waals surface area contributed by atoms with Crippen LogP contribution in [0.3, 0.4) is 0 Å². The second-order valence-corrected chi connectivity index (χ2v) is 5.90. The minimum absolute atomic E-state index is 0.154. The monoisotopic (exact) mass is 306 g/mol. The highest BCUT2D eigenvalue weighted by Gasteiger charge is 2.32. The Kier molecular flexibility index (Phi) is 3.60. The predicted octanol–water partition coefficient (Wildman–Crippen LogP) is 3.19. The van der Waals surface area contributed by atoms with E-state index < -0.39 is 0 Å². The molecule has 0 aliphatic heterocycles. The Morgan fingerprint density at radius 3 is 2.22 bits per heavy atom. The molecule has 0 N–H and O–H groups in total. The highest BCUT2D eigenvalue weighted by Crippen LogP contribution is 2.34. The second kappa shape index (κ2) is 5.47. The number of aromatic nitrogens is 1. The number of hydrogen-bond acceptors (Lipinski definition) is 4. The van der Waals surface area contributed by atoms with Gasteiger partial charge in [0.2, 0.25) is 11.6 Å². The van der Waals surface area contributed by atoms with Gasteiger partial charge in [0.25, 0.3) is 0 Å². The Hall–Kier alpha value is -2.75. The summed E-state index contributed by atoms with van der Waals surface area (Å²) in [6.45, 7) is 3.81. The topological polar surface area (TPSA) is 50.3 Å². The Balaban J connectivity index is 2.37. The zero-order valence-electron chi connectivity index (χ0n) is 13.7. The minimum Gasteiger partial charge on any atom is -0.374 e. The fraction of sp³-hybridized carbons (Fsp3) is 0.211. The van der Waals surface area contributed by atoms with Crippen LogP contribution in [0, 0.1) is 13.8 Å². The van der Waals surface area contributed by atoms with Gasteiger partial charge in [0, 0.05) is 25.9 Å². The van der Waals surface area contributed by atoms with Gasteiger partial charge in [-0.3, -0.25) is 9.59 Å². The summed E-state index contributed by atoms with van der Waals surface area (Å²) in [6, 6.07) is 9.68. The Morgan fingerprint density at radius 2 is 1.61 bits per heavy atom. The van der Waals surface area contributed by atoms with E-state index in [2.05, 4.69) is 4.98 Å². The maximum absolute atomic E-state index is 13.0. The van der Waals surface area contributed by atoms with Gasteiger partial charge in [-0.25, -0.2) is 4.98 Å². The summed E-state index contributed by atoms with van der Waals surface area (Å²) in [7, 11) is 3.53. The Morgan fingerprint density at radius 1 is 0.957 bits per heavy atom. The molecule has 1 aliphatic carbocycles. The van der Waals surface area contributed by atoms with Gasteiger partial charge >= 0.3 is 0 Å². The molecule has 4 nitrogen and oxygen atoms in total. The number of benzene rings is 1. The Labute approximate surface area is 135 Å². The van der Waals surface area contributed by atoms with Crippen molar-refractivity contribution in [1.82, 2.24) is 9.88 Å². The van der Waals surface area contributed by atoms with E-state index >= 15 is 0 Å². The molecule has 2 aromatic rings. The van der Waals surface area contributed by atoms with E-state index in [9.17, 15) is 9.59 Å². The smallest absolute Gasteiger partial charge is 0.212 e. The molecule has 0 saturated heterocycles. The fourth-order valence-corrected chi connectivity index (χ4v) is 2.88. The van der Waals surface area contributed by atoms with Gasteiger partial charge in [-0.1, -0.05) is 30.3 Å². The number of nitrogens with zero attached hydrogens (tertiary/aromatic N) is 2. The summed E-state index contributed by atoms with van der Waals surface area (Å²) in [5.41, 5.74) is 4.48. The summed E-state index contributed by atoms with van der Waals surface area (Å²) >= 11 is 0. The quantitative estimate of drug-likeness (QED) is 0.855. The number of pyridine rings is 1. The molecule has 3 rings (SSSR count). The van der Waals surface area contributed by atoms with Crippen molar-refractivity contribution in [1.29, 1.82) is 0 Å². The number of rotatable bonds is 2. The fourth-order valence-electron chi connectivity index (χ4n) is 2.88. The molecule has 0 unspecified atom stereocenters. The number of aryl methyl sites for hydroxylation is 1. The molecular weight excluding hydrogens is 288 g/mol. The van der Waals surface area contributed by atoms with E-state index in [4.69, 9.17) is 0 Å². The van der Waals surface area contributed by atoms with Gasteiger partial charge in [-0.05, 0) is 30.5 Å². The van der Waals surface area contributed by atoms with E-state index in [0.29, 0.717) is 11.3 Å². The highest BCUT2D eigenvalue weighted by molar-refractivity contribution is 6.26. The van der Waals surface area contributed by atoms with Crippen LogP contribution in [0.5, 0.6) is 0 Å². The van der Waals surface area contributed by atoms with Crippen LogP contribution < -0.4 is 0 Å². The molecule has 0 fully saturated rings. The number of likely N-dealkylation sites (N-methyl/N-ethyl adjacent to an activating group) is 1. The van der Waals surface area contributed by atoms with Crippen LogP contribution in [0.2, 0.25) is 0 Å². The molecule has 23 heavy (non-hydrogen) atoms. The van der Waals surface area contributed by atoms with Gasteiger partial charge in [0.1, 0.15) is 5.69 Å². The summed E-state index contributed by atoms with van der Waals surface area (Å²) in [4.78, 5) is 31.5. The molecule has 1 aromatic carbocycles. The predicted molar refractivity (Wildman–Crippen MR) is 89.6 cm³/mol. The summed E-state index contributed by atoms with van der Waals surface area (Å²) in [6.07, 6.45) is 1.38. The van der Waals surface area contributed by atoms with Crippen LogP contribution in [0.4, 0.5) is 0 Å². The first-order valence-electron chi connectivity index (χ1n) is 7.46. The van der Waals surface area contributed by atoms with Crippen LogP contribution in [0.1, 0.15) is 32.1 Å². The maximum Gasteiger partial charge on any atom is 0.212 e. The minimum atomic E-state index is -0.219. The van der Waals surface area contributed by atoms with Crippen LogP contribution in [-0.2, 0) is 0 Å². The summed E-state index contributed by atoms with van der Waals surface area (Å²) < 4.78 is 0. The summed E-state index contributed by atoms with van der Waals surface area (Å²) in [5, 5.41) is 0. The van der Waals surface area contributed by atoms with Crippen LogP contribution in [0.15, 0.2) is 42.1 Å². The van der Waals surface area contributed by atoms with Crippen LogP contribution in [-0.4, -0.2) is 35.5 Å². The molecule has 0 radical (unpaired) electrons. The number of allylic oxidation sites excluding steroid dienone is 2. The lowest BCUT2D eigenvalue weighted by atomic mass is 9.86. The van der Waals surface area contributed by atoms with Crippen molar-refractivity contribution in [2.45, 2.75) is 13.8 Å². The van der Waals surface area contributed by atoms with Gasteiger partial charge in [0.05, 0.1) is 11.3 Å². The molecular formula is C19H18N2O2. The van der Waals surface area contributed by atoms with Crippen LogP contribution >= 0.6 is 0 Å². The summed E-state index contributed by atoms with van der Waals surface area (Å²) in [5.74, 6) is -0.373. The number of carbonyl (C=O) groups excluding carboxylic acids is 2. The second-order valence-electron chi connectivity index (χ2n) is 5.90. The lowest BCUT2D eigenvalue weighted by molar-refractivity contribution is 0.0959. The van der Waals surface area contributed by atoms with Gasteiger partial charge < -0.3 is 4.90 Å². The SMILES string of the molecule is Cc1nc2c(c(-c3ccccc3)c1C)C(=O)C(N(C)C)=CC2=O. The number of hydrogen-bond donors (Lipinski definition) is 0. The molecule has 0 spiro atoms. The first-order chi connectivity index (χ1) is 10.9. The number of Topliss-reactive ketones (excluding diaryl/α,β-unsaturated/α-hetero) is 1. The molecule has 0 amide bonds. The number of ketones is 2. The van der Waals surface area contributed by atoms with Crippen molar-refractivity contribution in [3.63, 3.8) is 0 Å². The van der Waals surface area contributed by atoms with Crippen molar-refractivity contribution in [2.75, 3.05) is 14.1 Å². The molecule has 4 heteroatoms. The Bertz CT molecular complexity index is 849. The first kappa shape index (κ1) is 15.2. The zero-order valence-corrected chi connectivity index (χ0v) is 13.7. The van der Waals surface area contributed by atoms with Crippen molar-refractivity contribution in [3.8, 4) is 11.1 Å². The molecule has 1 aliphatic rings. The normalized spacial score (nSPS) is 13.7. The third kappa shape index (κ3) is 2.36. The zero-order chi connectivity index (χ0) is 16.7. The van der Waals surface area contributed by atoms with Crippen molar-refractivity contribution in [3.05, 3.63) is 64.6 Å². The largest absolute Gasteiger partial charge is 0.374 e. The third-order valence-corrected chi connectivity index (χ3v) is 4.19. The number of carbonyl (C=O) groups is 2. The van der Waals surface area contributed by atoms with E-state index in [1.165, 1.54) is 6.08 Å².